The predicted molar refractivity (Wildman–Crippen MR) is 101 cm³/mol. The van der Waals surface area contributed by atoms with Gasteiger partial charge in [-0.2, -0.15) is 0 Å². The lowest BCUT2D eigenvalue weighted by Crippen LogP contribution is -2.53. The molecule has 0 aliphatic heterocycles. The average Bonchev–Trinajstić information content (AvgIpc) is 2.54. The smallest absolute Gasteiger partial charge is 0.146 e. The maximum Gasteiger partial charge on any atom is 0.146 e. The third kappa shape index (κ3) is 3.73. The summed E-state index contributed by atoms with van der Waals surface area (Å²) < 4.78 is 0. The summed E-state index contributed by atoms with van der Waals surface area (Å²) in [6.07, 6.45) is -0.171. The van der Waals surface area contributed by atoms with Gasteiger partial charge in [0.2, 0.25) is 0 Å². The Kier molecular flexibility index (Phi) is 6.02. The number of rotatable bonds is 6. The van der Waals surface area contributed by atoms with E-state index in [1.54, 1.807) is 0 Å². The van der Waals surface area contributed by atoms with E-state index in [-0.39, 0.29) is 23.8 Å². The van der Waals surface area contributed by atoms with Crippen LogP contribution in [0.1, 0.15) is 52.5 Å². The highest BCUT2D eigenvalue weighted by Crippen LogP contribution is 2.46. The summed E-state index contributed by atoms with van der Waals surface area (Å²) in [5.74, 6) is -3.05. The van der Waals surface area contributed by atoms with Gasteiger partial charge in [-0.05, 0) is 52.3 Å². The molecule has 5 nitrogen and oxygen atoms in total. The van der Waals surface area contributed by atoms with Crippen molar-refractivity contribution in [2.75, 3.05) is 18.0 Å². The highest BCUT2D eigenvalue weighted by atomic mass is 16.3. The van der Waals surface area contributed by atoms with E-state index in [1.807, 2.05) is 24.3 Å². The predicted octanol–water partition coefficient (Wildman–Crippen LogP) is 2.75. The second kappa shape index (κ2) is 7.70. The van der Waals surface area contributed by atoms with Gasteiger partial charge < -0.3 is 10.0 Å². The molecule has 2 rings (SSSR count). The molecule has 0 unspecified atom stereocenters. The van der Waals surface area contributed by atoms with Crippen LogP contribution in [0, 0.1) is 11.8 Å². The van der Waals surface area contributed by atoms with Crippen LogP contribution >= 0.6 is 0 Å². The Labute approximate surface area is 155 Å². The van der Waals surface area contributed by atoms with Gasteiger partial charge in [-0.15, -0.1) is 0 Å². The van der Waals surface area contributed by atoms with Crippen molar-refractivity contribution in [1.29, 1.82) is 0 Å². The molecule has 0 spiro atoms. The number of anilines is 1. The molecule has 0 bridgehead atoms. The number of ketones is 3. The normalized spacial score (nSPS) is 28.7. The van der Waals surface area contributed by atoms with Crippen molar-refractivity contribution in [2.24, 2.45) is 11.8 Å². The van der Waals surface area contributed by atoms with E-state index in [2.05, 4.69) is 18.7 Å². The fraction of sp³-hybridized carbons (Fsp3) is 0.571. The topological polar surface area (TPSA) is 74.7 Å². The lowest BCUT2D eigenvalue weighted by atomic mass is 9.60. The summed E-state index contributed by atoms with van der Waals surface area (Å²) in [7, 11) is 0. The van der Waals surface area contributed by atoms with E-state index in [1.165, 1.54) is 20.8 Å². The van der Waals surface area contributed by atoms with E-state index >= 15 is 0 Å². The number of hydrogen-bond donors (Lipinski definition) is 1. The molecule has 0 aromatic heterocycles. The van der Waals surface area contributed by atoms with E-state index < -0.39 is 23.4 Å². The van der Waals surface area contributed by atoms with Gasteiger partial charge in [0, 0.05) is 31.1 Å². The Bertz CT molecular complexity index is 688. The molecule has 0 radical (unpaired) electrons. The van der Waals surface area contributed by atoms with E-state index in [4.69, 9.17) is 0 Å². The first-order valence-corrected chi connectivity index (χ1v) is 9.24. The first-order valence-electron chi connectivity index (χ1n) is 9.24. The molecule has 5 heteroatoms. The van der Waals surface area contributed by atoms with E-state index in [0.717, 1.165) is 24.3 Å². The Morgan fingerprint density at radius 3 is 2.08 bits per heavy atom. The highest BCUT2D eigenvalue weighted by molar-refractivity contribution is 6.05. The largest absolute Gasteiger partial charge is 0.389 e. The second-order valence-corrected chi connectivity index (χ2v) is 7.47. The van der Waals surface area contributed by atoms with Crippen LogP contribution in [0.25, 0.3) is 0 Å². The van der Waals surface area contributed by atoms with Gasteiger partial charge in [0.15, 0.2) is 0 Å². The SMILES string of the molecule is CCN(CC)c1ccc([C@@H]2[C@H](C(C)=O)C(=O)C[C@@](C)(O)[C@H]2C(C)=O)cc1. The molecule has 0 heterocycles. The van der Waals surface area contributed by atoms with Gasteiger partial charge in [-0.1, -0.05) is 12.1 Å². The first-order chi connectivity index (χ1) is 12.1. The molecule has 1 aromatic rings. The second-order valence-electron chi connectivity index (χ2n) is 7.47. The van der Waals surface area contributed by atoms with Crippen LogP contribution in [0.2, 0.25) is 0 Å². The Balaban J connectivity index is 2.53. The molecular formula is C21H29NO4. The molecule has 1 N–H and O–H groups in total. The van der Waals surface area contributed by atoms with Crippen LogP contribution in [-0.2, 0) is 14.4 Å². The zero-order chi connectivity index (χ0) is 19.6. The Morgan fingerprint density at radius 2 is 1.65 bits per heavy atom. The number of carbonyl (C=O) groups is 3. The minimum atomic E-state index is -1.45. The minimum Gasteiger partial charge on any atom is -0.389 e. The number of benzene rings is 1. The summed E-state index contributed by atoms with van der Waals surface area (Å²) in [5.41, 5.74) is 0.345. The van der Waals surface area contributed by atoms with Crippen molar-refractivity contribution >= 4 is 23.0 Å². The number of carbonyl (C=O) groups excluding carboxylic acids is 3. The maximum atomic E-state index is 12.6. The number of Topliss-reactive ketones (excluding diaryl/α,β-unsaturated/α-hetero) is 3. The molecule has 0 saturated heterocycles. The van der Waals surface area contributed by atoms with E-state index in [9.17, 15) is 19.5 Å². The average molecular weight is 359 g/mol. The Morgan fingerprint density at radius 1 is 1.12 bits per heavy atom. The summed E-state index contributed by atoms with van der Waals surface area (Å²) in [4.78, 5) is 39.3. The standard InChI is InChI=1S/C21H29NO4/c1-6-22(7-2)16-10-8-15(9-11-16)19-18(13(3)23)17(25)12-21(5,26)20(19)14(4)24/h8-11,18-20,26H,6-7,12H2,1-5H3/t18-,19-,20+,21-/m1/s1. The number of aliphatic hydroxyl groups is 1. The molecule has 1 aromatic carbocycles. The molecule has 0 amide bonds. The highest BCUT2D eigenvalue weighted by Gasteiger charge is 2.53. The molecule has 1 saturated carbocycles. The zero-order valence-corrected chi connectivity index (χ0v) is 16.3. The van der Waals surface area contributed by atoms with Gasteiger partial charge in [0.25, 0.3) is 0 Å². The summed E-state index contributed by atoms with van der Waals surface area (Å²) >= 11 is 0. The number of nitrogens with zero attached hydrogens (tertiary/aromatic N) is 1. The Hall–Kier alpha value is -2.01. The third-order valence-electron chi connectivity index (χ3n) is 5.55. The fourth-order valence-corrected chi connectivity index (χ4v) is 4.40. The monoisotopic (exact) mass is 359 g/mol. The van der Waals surface area contributed by atoms with Crippen LogP contribution in [0.3, 0.4) is 0 Å². The van der Waals surface area contributed by atoms with E-state index in [0.29, 0.717) is 0 Å². The van der Waals surface area contributed by atoms with Crippen molar-refractivity contribution in [3.63, 3.8) is 0 Å². The lowest BCUT2D eigenvalue weighted by Gasteiger charge is -2.44. The quantitative estimate of drug-likeness (QED) is 0.791. The molecule has 142 valence electrons. The fourth-order valence-electron chi connectivity index (χ4n) is 4.40. The molecule has 4 atom stereocenters. The molecule has 1 fully saturated rings. The zero-order valence-electron chi connectivity index (χ0n) is 16.3. The maximum absolute atomic E-state index is 12.6. The third-order valence-corrected chi connectivity index (χ3v) is 5.55. The minimum absolute atomic E-state index is 0.171. The summed E-state index contributed by atoms with van der Waals surface area (Å²) in [6.45, 7) is 10.2. The van der Waals surface area contributed by atoms with Crippen LogP contribution in [0.15, 0.2) is 24.3 Å². The van der Waals surface area contributed by atoms with Crippen molar-refractivity contribution < 1.29 is 19.5 Å². The molecular weight excluding hydrogens is 330 g/mol. The summed E-state index contributed by atoms with van der Waals surface area (Å²) in [6, 6.07) is 7.65. The van der Waals surface area contributed by atoms with Crippen molar-refractivity contribution in [3.05, 3.63) is 29.8 Å². The molecule has 1 aliphatic carbocycles. The van der Waals surface area contributed by atoms with Gasteiger partial charge in [-0.3, -0.25) is 14.4 Å². The van der Waals surface area contributed by atoms with Gasteiger partial charge in [-0.25, -0.2) is 0 Å². The van der Waals surface area contributed by atoms with Crippen LogP contribution in [-0.4, -0.2) is 41.1 Å². The first kappa shape index (κ1) is 20.3. The van der Waals surface area contributed by atoms with Crippen LogP contribution < -0.4 is 4.90 Å². The van der Waals surface area contributed by atoms with Crippen molar-refractivity contribution in [1.82, 2.24) is 0 Å². The van der Waals surface area contributed by atoms with Crippen LogP contribution in [0.5, 0.6) is 0 Å². The van der Waals surface area contributed by atoms with Gasteiger partial charge >= 0.3 is 0 Å². The van der Waals surface area contributed by atoms with Crippen LogP contribution in [0.4, 0.5) is 5.69 Å². The van der Waals surface area contributed by atoms with Gasteiger partial charge in [0.1, 0.15) is 17.3 Å². The van der Waals surface area contributed by atoms with Gasteiger partial charge in [0.05, 0.1) is 17.4 Å². The molecule has 1 aliphatic rings. The van der Waals surface area contributed by atoms with Crippen molar-refractivity contribution in [2.45, 2.75) is 52.6 Å². The summed E-state index contributed by atoms with van der Waals surface area (Å²) in [5, 5.41) is 10.8. The number of hydrogen-bond acceptors (Lipinski definition) is 5. The molecule has 26 heavy (non-hydrogen) atoms. The van der Waals surface area contributed by atoms with Crippen molar-refractivity contribution in [3.8, 4) is 0 Å². The lowest BCUT2D eigenvalue weighted by molar-refractivity contribution is -0.151.